The van der Waals surface area contributed by atoms with Crippen LogP contribution in [0.15, 0.2) is 40.9 Å². The molecule has 0 aliphatic heterocycles. The largest absolute Gasteiger partial charge is 0.487 e. The predicted octanol–water partition coefficient (Wildman–Crippen LogP) is 4.06. The first kappa shape index (κ1) is 12.9. The molecule has 0 bridgehead atoms. The van der Waals surface area contributed by atoms with Crippen LogP contribution in [0.3, 0.4) is 0 Å². The van der Waals surface area contributed by atoms with Gasteiger partial charge in [-0.1, -0.05) is 24.3 Å². The maximum absolute atomic E-state index is 13.4. The molecule has 2 aromatic rings. The average Bonchev–Trinajstić information content (AvgIpc) is 2.34. The molecule has 0 aliphatic carbocycles. The molecule has 0 saturated heterocycles. The highest BCUT2D eigenvalue weighted by Crippen LogP contribution is 2.29. The number of hydrogen-bond acceptors (Lipinski definition) is 2. The number of rotatable bonds is 3. The fraction of sp³-hybridized carbons (Fsp3) is 0.143. The van der Waals surface area contributed by atoms with Crippen LogP contribution in [-0.2, 0) is 6.61 Å². The average molecular weight is 310 g/mol. The van der Waals surface area contributed by atoms with Crippen LogP contribution in [0.5, 0.6) is 5.75 Å². The molecule has 4 heteroatoms. The molecule has 94 valence electrons. The molecule has 0 aliphatic rings. The van der Waals surface area contributed by atoms with Gasteiger partial charge in [-0.25, -0.2) is 4.39 Å². The Kier molecular flexibility index (Phi) is 3.87. The van der Waals surface area contributed by atoms with E-state index in [0.29, 0.717) is 22.5 Å². The minimum Gasteiger partial charge on any atom is -0.487 e. The van der Waals surface area contributed by atoms with Crippen molar-refractivity contribution in [1.29, 1.82) is 0 Å². The summed E-state index contributed by atoms with van der Waals surface area (Å²) >= 11 is 3.08. The van der Waals surface area contributed by atoms with Gasteiger partial charge in [-0.2, -0.15) is 0 Å². The van der Waals surface area contributed by atoms with Crippen LogP contribution in [0.2, 0.25) is 0 Å². The molecule has 0 spiro atoms. The summed E-state index contributed by atoms with van der Waals surface area (Å²) in [6, 6.07) is 10.7. The first-order valence-electron chi connectivity index (χ1n) is 5.50. The molecule has 0 amide bonds. The maximum Gasteiger partial charge on any atom is 0.145 e. The lowest BCUT2D eigenvalue weighted by atomic mass is 10.1. The van der Waals surface area contributed by atoms with E-state index < -0.39 is 0 Å². The van der Waals surface area contributed by atoms with E-state index in [1.165, 1.54) is 12.1 Å². The zero-order valence-corrected chi connectivity index (χ0v) is 11.5. The lowest BCUT2D eigenvalue weighted by Gasteiger charge is -2.11. The summed E-state index contributed by atoms with van der Waals surface area (Å²) in [5.41, 5.74) is 8.37. The SMILES string of the molecule is Cc1ccccc1COc1cc(F)c(Br)cc1N. The van der Waals surface area contributed by atoms with E-state index >= 15 is 0 Å². The molecule has 0 radical (unpaired) electrons. The predicted molar refractivity (Wildman–Crippen MR) is 74.0 cm³/mol. The van der Waals surface area contributed by atoms with E-state index in [1.54, 1.807) is 0 Å². The molecule has 2 aromatic carbocycles. The van der Waals surface area contributed by atoms with Gasteiger partial charge in [-0.3, -0.25) is 0 Å². The van der Waals surface area contributed by atoms with Crippen LogP contribution in [0.4, 0.5) is 10.1 Å². The van der Waals surface area contributed by atoms with Gasteiger partial charge in [0, 0.05) is 6.07 Å². The molecule has 18 heavy (non-hydrogen) atoms. The van der Waals surface area contributed by atoms with Gasteiger partial charge in [0.2, 0.25) is 0 Å². The summed E-state index contributed by atoms with van der Waals surface area (Å²) < 4.78 is 19.3. The van der Waals surface area contributed by atoms with E-state index in [4.69, 9.17) is 10.5 Å². The van der Waals surface area contributed by atoms with Gasteiger partial charge in [0.05, 0.1) is 10.2 Å². The van der Waals surface area contributed by atoms with Crippen molar-refractivity contribution in [2.24, 2.45) is 0 Å². The lowest BCUT2D eigenvalue weighted by Crippen LogP contribution is -2.01. The van der Waals surface area contributed by atoms with E-state index in [-0.39, 0.29) is 5.82 Å². The van der Waals surface area contributed by atoms with Crippen LogP contribution in [0, 0.1) is 12.7 Å². The van der Waals surface area contributed by atoms with Crippen molar-refractivity contribution in [2.45, 2.75) is 13.5 Å². The van der Waals surface area contributed by atoms with Crippen molar-refractivity contribution in [1.82, 2.24) is 0 Å². The van der Waals surface area contributed by atoms with E-state index in [2.05, 4.69) is 15.9 Å². The quantitative estimate of drug-likeness (QED) is 0.868. The van der Waals surface area contributed by atoms with Crippen LogP contribution >= 0.6 is 15.9 Å². The molecule has 2 nitrogen and oxygen atoms in total. The summed E-state index contributed by atoms with van der Waals surface area (Å²) in [5.74, 6) is -0.0251. The van der Waals surface area contributed by atoms with Gasteiger partial charge in [0.1, 0.15) is 18.2 Å². The highest BCUT2D eigenvalue weighted by molar-refractivity contribution is 9.10. The van der Waals surface area contributed by atoms with Gasteiger partial charge in [0.25, 0.3) is 0 Å². The van der Waals surface area contributed by atoms with Crippen LogP contribution < -0.4 is 10.5 Å². The highest BCUT2D eigenvalue weighted by Gasteiger charge is 2.07. The minimum absolute atomic E-state index is 0.336. The third kappa shape index (κ3) is 2.82. The molecule has 0 unspecified atom stereocenters. The number of hydrogen-bond donors (Lipinski definition) is 1. The first-order chi connectivity index (χ1) is 8.58. The molecular formula is C14H13BrFNO. The van der Waals surface area contributed by atoms with Crippen molar-refractivity contribution >= 4 is 21.6 Å². The molecule has 2 N–H and O–H groups in total. The van der Waals surface area contributed by atoms with Crippen molar-refractivity contribution in [3.05, 3.63) is 57.8 Å². The second kappa shape index (κ2) is 5.40. The second-order valence-electron chi connectivity index (χ2n) is 4.02. The van der Waals surface area contributed by atoms with Gasteiger partial charge < -0.3 is 10.5 Å². The first-order valence-corrected chi connectivity index (χ1v) is 6.29. The monoisotopic (exact) mass is 309 g/mol. The number of aryl methyl sites for hydroxylation is 1. The van der Waals surface area contributed by atoms with Crippen LogP contribution in [0.25, 0.3) is 0 Å². The lowest BCUT2D eigenvalue weighted by molar-refractivity contribution is 0.305. The standard InChI is InChI=1S/C14H13BrFNO/c1-9-4-2-3-5-10(9)8-18-14-7-12(16)11(15)6-13(14)17/h2-7H,8,17H2,1H3. The third-order valence-electron chi connectivity index (χ3n) is 2.70. The zero-order chi connectivity index (χ0) is 13.1. The maximum atomic E-state index is 13.4. The van der Waals surface area contributed by atoms with E-state index in [1.807, 2.05) is 31.2 Å². The number of anilines is 1. The molecule has 0 atom stereocenters. The number of nitrogen functional groups attached to an aromatic ring is 1. The minimum atomic E-state index is -0.385. The third-order valence-corrected chi connectivity index (χ3v) is 3.30. The topological polar surface area (TPSA) is 35.2 Å². The second-order valence-corrected chi connectivity index (χ2v) is 4.87. The van der Waals surface area contributed by atoms with E-state index in [0.717, 1.165) is 11.1 Å². The van der Waals surface area contributed by atoms with E-state index in [9.17, 15) is 4.39 Å². The number of nitrogens with two attached hydrogens (primary N) is 1. The number of benzene rings is 2. The van der Waals surface area contributed by atoms with Gasteiger partial charge >= 0.3 is 0 Å². The summed E-state index contributed by atoms with van der Waals surface area (Å²) in [4.78, 5) is 0. The van der Waals surface area contributed by atoms with Crippen LogP contribution in [0.1, 0.15) is 11.1 Å². The highest BCUT2D eigenvalue weighted by atomic mass is 79.9. The Balaban J connectivity index is 2.16. The zero-order valence-electron chi connectivity index (χ0n) is 9.91. The van der Waals surface area contributed by atoms with Crippen molar-refractivity contribution < 1.29 is 9.13 Å². The van der Waals surface area contributed by atoms with Crippen molar-refractivity contribution in [2.75, 3.05) is 5.73 Å². The smallest absolute Gasteiger partial charge is 0.145 e. The normalized spacial score (nSPS) is 10.4. The van der Waals surface area contributed by atoms with Crippen molar-refractivity contribution in [3.63, 3.8) is 0 Å². The molecular weight excluding hydrogens is 297 g/mol. The molecule has 2 rings (SSSR count). The number of ether oxygens (including phenoxy) is 1. The van der Waals surface area contributed by atoms with Gasteiger partial charge in [0.15, 0.2) is 0 Å². The Morgan fingerprint density at radius 2 is 2.00 bits per heavy atom. The number of halogens is 2. The fourth-order valence-corrected chi connectivity index (χ4v) is 1.96. The summed E-state index contributed by atoms with van der Waals surface area (Å²) in [7, 11) is 0. The Hall–Kier alpha value is -1.55. The molecule has 0 heterocycles. The molecule has 0 aromatic heterocycles. The van der Waals surface area contributed by atoms with Crippen LogP contribution in [-0.4, -0.2) is 0 Å². The van der Waals surface area contributed by atoms with Crippen molar-refractivity contribution in [3.8, 4) is 5.75 Å². The fourth-order valence-electron chi connectivity index (χ4n) is 1.60. The Bertz CT molecular complexity index is 572. The summed E-state index contributed by atoms with van der Waals surface area (Å²) in [5, 5.41) is 0. The van der Waals surface area contributed by atoms with Gasteiger partial charge in [-0.05, 0) is 40.0 Å². The molecule has 0 saturated carbocycles. The summed E-state index contributed by atoms with van der Waals surface area (Å²) in [6.45, 7) is 2.38. The Morgan fingerprint density at radius 1 is 1.28 bits per heavy atom. The van der Waals surface area contributed by atoms with Gasteiger partial charge in [-0.15, -0.1) is 0 Å². The Morgan fingerprint density at radius 3 is 2.72 bits per heavy atom. The molecule has 0 fully saturated rings. The Labute approximate surface area is 114 Å². The summed E-state index contributed by atoms with van der Waals surface area (Å²) in [6.07, 6.45) is 0.